The number of nitrogen functional groups attached to an aromatic ring is 1. The molecule has 5 heteroatoms. The van der Waals surface area contributed by atoms with E-state index in [1.807, 2.05) is 0 Å². The molecule has 0 aromatic carbocycles. The highest BCUT2D eigenvalue weighted by Gasteiger charge is 2.16. The lowest BCUT2D eigenvalue weighted by molar-refractivity contribution is 0.0941. The van der Waals surface area contributed by atoms with E-state index < -0.39 is 0 Å². The van der Waals surface area contributed by atoms with Crippen molar-refractivity contribution in [1.29, 1.82) is 0 Å². The average Bonchev–Trinajstić information content (AvgIpc) is 2.55. The standard InChI is InChI=1S/C11H20N4O/c1-6(2)7(3)5-13-11(16)10-9(12)8(4)14-15-10/h6-7H,5,12H2,1-4H3,(H,13,16)(H,14,15). The van der Waals surface area contributed by atoms with Crippen LogP contribution in [-0.4, -0.2) is 22.6 Å². The van der Waals surface area contributed by atoms with E-state index in [0.717, 1.165) is 5.69 Å². The molecule has 16 heavy (non-hydrogen) atoms. The van der Waals surface area contributed by atoms with Gasteiger partial charge in [0.2, 0.25) is 0 Å². The van der Waals surface area contributed by atoms with Crippen LogP contribution in [0.3, 0.4) is 0 Å². The number of amides is 1. The molecule has 1 amide bonds. The van der Waals surface area contributed by atoms with Crippen molar-refractivity contribution in [2.75, 3.05) is 12.3 Å². The minimum absolute atomic E-state index is 0.214. The molecule has 0 radical (unpaired) electrons. The van der Waals surface area contributed by atoms with Crippen LogP contribution in [0, 0.1) is 18.8 Å². The van der Waals surface area contributed by atoms with Crippen molar-refractivity contribution in [3.05, 3.63) is 11.4 Å². The van der Waals surface area contributed by atoms with Crippen molar-refractivity contribution in [1.82, 2.24) is 15.5 Å². The second-order valence-electron chi connectivity index (χ2n) is 4.54. The highest BCUT2D eigenvalue weighted by Crippen LogP contribution is 2.13. The molecule has 4 N–H and O–H groups in total. The number of nitrogens with one attached hydrogen (secondary N) is 2. The van der Waals surface area contributed by atoms with Crippen LogP contribution in [0.25, 0.3) is 0 Å². The van der Waals surface area contributed by atoms with Gasteiger partial charge in [0.05, 0.1) is 11.4 Å². The number of hydrogen-bond donors (Lipinski definition) is 3. The summed E-state index contributed by atoms with van der Waals surface area (Å²) in [6.07, 6.45) is 0. The quantitative estimate of drug-likeness (QED) is 0.721. The summed E-state index contributed by atoms with van der Waals surface area (Å²) in [5.41, 5.74) is 7.15. The van der Waals surface area contributed by atoms with Gasteiger partial charge in [-0.25, -0.2) is 0 Å². The first-order valence-corrected chi connectivity index (χ1v) is 5.52. The molecule has 0 saturated carbocycles. The van der Waals surface area contributed by atoms with E-state index in [9.17, 15) is 4.79 Å². The summed E-state index contributed by atoms with van der Waals surface area (Å²) in [5.74, 6) is 0.762. The number of aromatic amines is 1. The fourth-order valence-corrected chi connectivity index (χ4v) is 1.18. The average molecular weight is 224 g/mol. The SMILES string of the molecule is Cc1[nH]nc(C(=O)NCC(C)C(C)C)c1N. The van der Waals surface area contributed by atoms with Crippen LogP contribution in [0.5, 0.6) is 0 Å². The number of anilines is 1. The van der Waals surface area contributed by atoms with Crippen molar-refractivity contribution in [3.63, 3.8) is 0 Å². The number of hydrogen-bond acceptors (Lipinski definition) is 3. The molecule has 1 rings (SSSR count). The summed E-state index contributed by atoms with van der Waals surface area (Å²) < 4.78 is 0. The Bertz CT molecular complexity index is 370. The first-order valence-electron chi connectivity index (χ1n) is 5.52. The lowest BCUT2D eigenvalue weighted by Crippen LogP contribution is -2.30. The van der Waals surface area contributed by atoms with E-state index in [1.165, 1.54) is 0 Å². The van der Waals surface area contributed by atoms with Crippen molar-refractivity contribution in [3.8, 4) is 0 Å². The molecule has 0 aliphatic carbocycles. The summed E-state index contributed by atoms with van der Waals surface area (Å²) in [6, 6.07) is 0. The Hall–Kier alpha value is -1.52. The molecule has 0 fully saturated rings. The molecule has 1 aromatic rings. The van der Waals surface area contributed by atoms with Gasteiger partial charge < -0.3 is 11.1 Å². The van der Waals surface area contributed by atoms with Crippen LogP contribution in [0.15, 0.2) is 0 Å². The maximum Gasteiger partial charge on any atom is 0.273 e. The number of carbonyl (C=O) groups is 1. The lowest BCUT2D eigenvalue weighted by Gasteiger charge is -2.15. The van der Waals surface area contributed by atoms with Crippen LogP contribution < -0.4 is 11.1 Å². The van der Waals surface area contributed by atoms with E-state index in [1.54, 1.807) is 6.92 Å². The monoisotopic (exact) mass is 224 g/mol. The largest absolute Gasteiger partial charge is 0.395 e. The molecule has 0 saturated heterocycles. The first kappa shape index (κ1) is 12.5. The molecular weight excluding hydrogens is 204 g/mol. The minimum Gasteiger partial charge on any atom is -0.395 e. The molecule has 1 atom stereocenters. The van der Waals surface area contributed by atoms with Crippen LogP contribution in [0.1, 0.15) is 37.0 Å². The zero-order chi connectivity index (χ0) is 12.3. The van der Waals surface area contributed by atoms with Gasteiger partial charge in [-0.1, -0.05) is 20.8 Å². The summed E-state index contributed by atoms with van der Waals surface area (Å²) in [4.78, 5) is 11.7. The maximum absolute atomic E-state index is 11.7. The van der Waals surface area contributed by atoms with Crippen LogP contribution in [-0.2, 0) is 0 Å². The Morgan fingerprint density at radius 1 is 1.50 bits per heavy atom. The fourth-order valence-electron chi connectivity index (χ4n) is 1.18. The van der Waals surface area contributed by atoms with Gasteiger partial charge >= 0.3 is 0 Å². The summed E-state index contributed by atoms with van der Waals surface area (Å²) in [5, 5.41) is 9.40. The van der Waals surface area contributed by atoms with Crippen molar-refractivity contribution in [2.45, 2.75) is 27.7 Å². The second-order valence-corrected chi connectivity index (χ2v) is 4.54. The van der Waals surface area contributed by atoms with Gasteiger partial charge in [0.1, 0.15) is 0 Å². The van der Waals surface area contributed by atoms with Gasteiger partial charge in [0.25, 0.3) is 5.91 Å². The fraction of sp³-hybridized carbons (Fsp3) is 0.636. The van der Waals surface area contributed by atoms with Crippen LogP contribution in [0.4, 0.5) is 5.69 Å². The zero-order valence-electron chi connectivity index (χ0n) is 10.3. The number of H-pyrrole nitrogens is 1. The third-order valence-electron chi connectivity index (χ3n) is 2.93. The molecule has 5 nitrogen and oxygen atoms in total. The van der Waals surface area contributed by atoms with Gasteiger partial charge in [0, 0.05) is 6.54 Å². The van der Waals surface area contributed by atoms with Gasteiger partial charge in [-0.3, -0.25) is 9.89 Å². The first-order chi connectivity index (χ1) is 7.43. The third-order valence-corrected chi connectivity index (χ3v) is 2.93. The van der Waals surface area contributed by atoms with Gasteiger partial charge in [-0.05, 0) is 18.8 Å². The van der Waals surface area contributed by atoms with Crippen molar-refractivity contribution < 1.29 is 4.79 Å². The predicted octanol–water partition coefficient (Wildman–Crippen LogP) is 1.32. The molecule has 0 bridgehead atoms. The lowest BCUT2D eigenvalue weighted by atomic mass is 9.98. The van der Waals surface area contributed by atoms with Gasteiger partial charge in [0.15, 0.2) is 5.69 Å². The van der Waals surface area contributed by atoms with Gasteiger partial charge in [-0.2, -0.15) is 5.10 Å². The summed E-state index contributed by atoms with van der Waals surface area (Å²) in [7, 11) is 0. The van der Waals surface area contributed by atoms with Crippen LogP contribution >= 0.6 is 0 Å². The smallest absolute Gasteiger partial charge is 0.273 e. The number of carbonyl (C=O) groups excluding carboxylic acids is 1. The molecule has 0 aliphatic rings. The second kappa shape index (κ2) is 5.01. The Balaban J connectivity index is 2.57. The summed E-state index contributed by atoms with van der Waals surface area (Å²) >= 11 is 0. The van der Waals surface area contributed by atoms with E-state index in [0.29, 0.717) is 24.1 Å². The molecule has 1 unspecified atom stereocenters. The van der Waals surface area contributed by atoms with Crippen LogP contribution in [0.2, 0.25) is 0 Å². The highest BCUT2D eigenvalue weighted by molar-refractivity contribution is 5.97. The number of aryl methyl sites for hydroxylation is 1. The zero-order valence-corrected chi connectivity index (χ0v) is 10.3. The van der Waals surface area contributed by atoms with Crippen molar-refractivity contribution in [2.24, 2.45) is 11.8 Å². The number of nitrogens with zero attached hydrogens (tertiary/aromatic N) is 1. The molecule has 1 heterocycles. The summed E-state index contributed by atoms with van der Waals surface area (Å²) in [6.45, 7) is 8.79. The predicted molar refractivity (Wildman–Crippen MR) is 64.1 cm³/mol. The topological polar surface area (TPSA) is 83.8 Å². The van der Waals surface area contributed by atoms with E-state index >= 15 is 0 Å². The van der Waals surface area contributed by atoms with E-state index in [4.69, 9.17) is 5.73 Å². The molecule has 1 aromatic heterocycles. The Morgan fingerprint density at radius 2 is 2.12 bits per heavy atom. The number of aromatic nitrogens is 2. The van der Waals surface area contributed by atoms with Crippen molar-refractivity contribution >= 4 is 11.6 Å². The number of rotatable bonds is 4. The molecule has 90 valence electrons. The van der Waals surface area contributed by atoms with E-state index in [2.05, 4.69) is 36.3 Å². The Labute approximate surface area is 95.8 Å². The third kappa shape index (κ3) is 2.74. The van der Waals surface area contributed by atoms with E-state index in [-0.39, 0.29) is 11.6 Å². The molecular formula is C11H20N4O. The molecule has 0 spiro atoms. The Kier molecular flexibility index (Phi) is 3.93. The maximum atomic E-state index is 11.7. The van der Waals surface area contributed by atoms with Gasteiger partial charge in [-0.15, -0.1) is 0 Å². The normalized spacial score (nSPS) is 12.8. The highest BCUT2D eigenvalue weighted by atomic mass is 16.1. The molecule has 0 aliphatic heterocycles. The number of nitrogens with two attached hydrogens (primary N) is 1. The minimum atomic E-state index is -0.214. The Morgan fingerprint density at radius 3 is 2.56 bits per heavy atom.